The molecule has 0 bridgehead atoms. The van der Waals surface area contributed by atoms with Gasteiger partial charge in [0.15, 0.2) is 12.1 Å². The molecule has 1 aliphatic rings. The Balaban J connectivity index is 2.05. The number of allylic oxidation sites excluding steroid dienone is 1. The van der Waals surface area contributed by atoms with E-state index in [1.807, 2.05) is 25.1 Å². The van der Waals surface area contributed by atoms with Crippen LogP contribution in [0.3, 0.4) is 0 Å². The largest absolute Gasteiger partial charge is 0.402 e. The van der Waals surface area contributed by atoms with E-state index in [1.54, 1.807) is 12.1 Å². The Bertz CT molecular complexity index is 436. The summed E-state index contributed by atoms with van der Waals surface area (Å²) in [4.78, 5) is 11.9. The molecular weight excluding hydrogens is 230 g/mol. The Morgan fingerprint density at radius 2 is 1.94 bits per heavy atom. The van der Waals surface area contributed by atoms with Gasteiger partial charge >= 0.3 is 0 Å². The standard InChI is InChI=1S/C14H17NO3/c1-10(14-17-7-8-18-14)12(15)9-13(16)11-5-3-2-4-6-11/h2-6,9-10,14H,7-8,15H2,1H3/b12-9-. The number of hydrogen-bond donors (Lipinski definition) is 1. The number of rotatable bonds is 4. The number of ketones is 1. The lowest BCUT2D eigenvalue weighted by Gasteiger charge is -2.17. The molecule has 1 saturated heterocycles. The molecule has 1 atom stereocenters. The highest BCUT2D eigenvalue weighted by Crippen LogP contribution is 2.19. The summed E-state index contributed by atoms with van der Waals surface area (Å²) in [6.45, 7) is 3.05. The molecule has 1 heterocycles. The molecule has 2 N–H and O–H groups in total. The number of benzene rings is 1. The van der Waals surface area contributed by atoms with E-state index in [4.69, 9.17) is 15.2 Å². The molecule has 4 heteroatoms. The molecule has 2 rings (SSSR count). The quantitative estimate of drug-likeness (QED) is 0.650. The molecule has 0 saturated carbocycles. The maximum absolute atomic E-state index is 11.9. The van der Waals surface area contributed by atoms with E-state index in [0.717, 1.165) is 0 Å². The van der Waals surface area contributed by atoms with E-state index in [0.29, 0.717) is 24.5 Å². The van der Waals surface area contributed by atoms with Crippen LogP contribution in [0.4, 0.5) is 0 Å². The molecule has 1 fully saturated rings. The van der Waals surface area contributed by atoms with Crippen LogP contribution < -0.4 is 5.73 Å². The average molecular weight is 247 g/mol. The molecule has 1 aliphatic heterocycles. The second-order valence-corrected chi connectivity index (χ2v) is 4.27. The van der Waals surface area contributed by atoms with Gasteiger partial charge in [-0.05, 0) is 0 Å². The lowest BCUT2D eigenvalue weighted by Crippen LogP contribution is -2.25. The van der Waals surface area contributed by atoms with Crippen molar-refractivity contribution in [2.45, 2.75) is 13.2 Å². The van der Waals surface area contributed by atoms with Crippen molar-refractivity contribution in [2.75, 3.05) is 13.2 Å². The van der Waals surface area contributed by atoms with Crippen LogP contribution in [0, 0.1) is 5.92 Å². The van der Waals surface area contributed by atoms with E-state index in [2.05, 4.69) is 0 Å². The zero-order valence-corrected chi connectivity index (χ0v) is 10.3. The van der Waals surface area contributed by atoms with Gasteiger partial charge in [-0.25, -0.2) is 0 Å². The Hall–Kier alpha value is -1.65. The highest BCUT2D eigenvalue weighted by Gasteiger charge is 2.25. The third-order valence-corrected chi connectivity index (χ3v) is 2.94. The minimum Gasteiger partial charge on any atom is -0.402 e. The summed E-state index contributed by atoms with van der Waals surface area (Å²) >= 11 is 0. The molecule has 0 radical (unpaired) electrons. The maximum Gasteiger partial charge on any atom is 0.187 e. The van der Waals surface area contributed by atoms with Gasteiger partial charge in [-0.2, -0.15) is 0 Å². The third kappa shape index (κ3) is 2.97. The van der Waals surface area contributed by atoms with Crippen molar-refractivity contribution < 1.29 is 14.3 Å². The van der Waals surface area contributed by atoms with Crippen LogP contribution >= 0.6 is 0 Å². The van der Waals surface area contributed by atoms with Gasteiger partial charge in [0.05, 0.1) is 13.2 Å². The predicted molar refractivity (Wildman–Crippen MR) is 67.9 cm³/mol. The van der Waals surface area contributed by atoms with Crippen LogP contribution in [0.2, 0.25) is 0 Å². The number of carbonyl (C=O) groups excluding carboxylic acids is 1. The molecule has 18 heavy (non-hydrogen) atoms. The minimum atomic E-state index is -0.343. The summed E-state index contributed by atoms with van der Waals surface area (Å²) in [5.74, 6) is -0.224. The van der Waals surface area contributed by atoms with Crippen molar-refractivity contribution in [3.63, 3.8) is 0 Å². The van der Waals surface area contributed by atoms with Gasteiger partial charge < -0.3 is 15.2 Å². The molecule has 96 valence electrons. The first-order chi connectivity index (χ1) is 8.68. The van der Waals surface area contributed by atoms with Gasteiger partial charge in [-0.15, -0.1) is 0 Å². The Kier molecular flexibility index (Phi) is 4.12. The van der Waals surface area contributed by atoms with Crippen molar-refractivity contribution in [2.24, 2.45) is 11.7 Å². The summed E-state index contributed by atoms with van der Waals surface area (Å²) in [5.41, 5.74) is 7.02. The topological polar surface area (TPSA) is 61.6 Å². The monoisotopic (exact) mass is 247 g/mol. The van der Waals surface area contributed by atoms with Gasteiger partial charge in [-0.3, -0.25) is 4.79 Å². The summed E-state index contributed by atoms with van der Waals surface area (Å²) in [6, 6.07) is 9.04. The third-order valence-electron chi connectivity index (χ3n) is 2.94. The van der Waals surface area contributed by atoms with Gasteiger partial charge in [-0.1, -0.05) is 37.3 Å². The van der Waals surface area contributed by atoms with E-state index in [9.17, 15) is 4.79 Å². The summed E-state index contributed by atoms with van der Waals surface area (Å²) in [6.07, 6.45) is 1.11. The second kappa shape index (κ2) is 5.80. The molecule has 0 amide bonds. The van der Waals surface area contributed by atoms with E-state index >= 15 is 0 Å². The zero-order valence-electron chi connectivity index (χ0n) is 10.3. The van der Waals surface area contributed by atoms with Gasteiger partial charge in [0.2, 0.25) is 0 Å². The van der Waals surface area contributed by atoms with E-state index < -0.39 is 0 Å². The fourth-order valence-electron chi connectivity index (χ4n) is 1.79. The Morgan fingerprint density at radius 1 is 1.33 bits per heavy atom. The minimum absolute atomic E-state index is 0.0991. The van der Waals surface area contributed by atoms with Crippen LogP contribution in [-0.2, 0) is 9.47 Å². The summed E-state index contributed by atoms with van der Waals surface area (Å²) < 4.78 is 10.7. The average Bonchev–Trinajstić information content (AvgIpc) is 2.92. The Morgan fingerprint density at radius 3 is 2.56 bits per heavy atom. The van der Waals surface area contributed by atoms with Gasteiger partial charge in [0.1, 0.15) is 0 Å². The van der Waals surface area contributed by atoms with Crippen molar-refractivity contribution >= 4 is 5.78 Å². The lowest BCUT2D eigenvalue weighted by molar-refractivity contribution is -0.0688. The predicted octanol–water partition coefficient (Wildman–Crippen LogP) is 1.72. The number of hydrogen-bond acceptors (Lipinski definition) is 4. The molecule has 0 spiro atoms. The molecule has 4 nitrogen and oxygen atoms in total. The molecule has 0 aliphatic carbocycles. The smallest absolute Gasteiger partial charge is 0.187 e. The van der Waals surface area contributed by atoms with Crippen molar-refractivity contribution in [3.05, 3.63) is 47.7 Å². The summed E-state index contributed by atoms with van der Waals surface area (Å²) in [5, 5.41) is 0. The van der Waals surface area contributed by atoms with E-state index in [1.165, 1.54) is 6.08 Å². The van der Waals surface area contributed by atoms with Crippen LogP contribution in [0.25, 0.3) is 0 Å². The van der Waals surface area contributed by atoms with Gasteiger partial charge in [0.25, 0.3) is 0 Å². The van der Waals surface area contributed by atoms with Crippen molar-refractivity contribution in [3.8, 4) is 0 Å². The van der Waals surface area contributed by atoms with Crippen molar-refractivity contribution in [1.82, 2.24) is 0 Å². The number of ether oxygens (including phenoxy) is 2. The van der Waals surface area contributed by atoms with Crippen LogP contribution in [0.5, 0.6) is 0 Å². The van der Waals surface area contributed by atoms with Crippen LogP contribution in [0.1, 0.15) is 17.3 Å². The highest BCUT2D eigenvalue weighted by molar-refractivity contribution is 6.04. The zero-order chi connectivity index (χ0) is 13.0. The lowest BCUT2D eigenvalue weighted by atomic mass is 10.0. The molecule has 1 aromatic rings. The number of carbonyl (C=O) groups is 1. The van der Waals surface area contributed by atoms with Crippen LogP contribution in [-0.4, -0.2) is 25.3 Å². The first-order valence-electron chi connectivity index (χ1n) is 5.98. The van der Waals surface area contributed by atoms with Gasteiger partial charge in [0, 0.05) is 23.3 Å². The van der Waals surface area contributed by atoms with Crippen molar-refractivity contribution in [1.29, 1.82) is 0 Å². The normalized spacial score (nSPS) is 18.8. The van der Waals surface area contributed by atoms with E-state index in [-0.39, 0.29) is 18.0 Å². The fourth-order valence-corrected chi connectivity index (χ4v) is 1.79. The number of nitrogens with two attached hydrogens (primary N) is 1. The first-order valence-corrected chi connectivity index (χ1v) is 5.98. The summed E-state index contributed by atoms with van der Waals surface area (Å²) in [7, 11) is 0. The molecule has 1 aromatic carbocycles. The molecular formula is C14H17NO3. The maximum atomic E-state index is 11.9. The van der Waals surface area contributed by atoms with Crippen LogP contribution in [0.15, 0.2) is 42.1 Å². The first kappa shape index (κ1) is 12.8. The Labute approximate surface area is 106 Å². The highest BCUT2D eigenvalue weighted by atomic mass is 16.7. The molecule has 0 aromatic heterocycles. The fraction of sp³-hybridized carbons (Fsp3) is 0.357. The second-order valence-electron chi connectivity index (χ2n) is 4.27. The SMILES string of the molecule is CC(/C(N)=C/C(=O)c1ccccc1)C1OCCO1. The molecule has 1 unspecified atom stereocenters.